The molecule has 2 N–H and O–H groups in total. The number of hydrogen-bond donors (Lipinski definition) is 2. The van der Waals surface area contributed by atoms with E-state index in [0.717, 1.165) is 0 Å². The third kappa shape index (κ3) is 3.84. The Balaban J connectivity index is 2.19. The van der Waals surface area contributed by atoms with Crippen LogP contribution in [0.1, 0.15) is 0 Å². The summed E-state index contributed by atoms with van der Waals surface area (Å²) in [5.74, 6) is 0.439. The maximum atomic E-state index is 10.8. The molecule has 2 aromatic rings. The fourth-order valence-corrected chi connectivity index (χ4v) is 2.15. The van der Waals surface area contributed by atoms with Gasteiger partial charge in [0.25, 0.3) is 5.69 Å². The summed E-state index contributed by atoms with van der Waals surface area (Å²) < 4.78 is 5.16. The van der Waals surface area contributed by atoms with Crippen molar-refractivity contribution in [3.8, 4) is 5.75 Å². The van der Waals surface area contributed by atoms with Gasteiger partial charge in [-0.3, -0.25) is 10.1 Å². The molecule has 0 saturated heterocycles. The van der Waals surface area contributed by atoms with Gasteiger partial charge in [0.1, 0.15) is 5.75 Å². The summed E-state index contributed by atoms with van der Waals surface area (Å²) in [6.07, 6.45) is 0. The lowest BCUT2D eigenvalue weighted by Gasteiger charge is -2.14. The summed E-state index contributed by atoms with van der Waals surface area (Å²) in [6.45, 7) is 0. The largest absolute Gasteiger partial charge is 0.495 e. The second kappa shape index (κ2) is 7.06. The second-order valence-corrected chi connectivity index (χ2v) is 5.02. The van der Waals surface area contributed by atoms with E-state index in [1.54, 1.807) is 18.2 Å². The van der Waals surface area contributed by atoms with Crippen LogP contribution in [0.25, 0.3) is 0 Å². The molecule has 8 heteroatoms. The highest BCUT2D eigenvalue weighted by molar-refractivity contribution is 7.80. The van der Waals surface area contributed by atoms with Gasteiger partial charge in [0.15, 0.2) is 5.11 Å². The Morgan fingerprint density at radius 3 is 2.55 bits per heavy atom. The minimum Gasteiger partial charge on any atom is -0.495 e. The lowest BCUT2D eigenvalue weighted by molar-refractivity contribution is -0.384. The predicted molar refractivity (Wildman–Crippen MR) is 90.9 cm³/mol. The van der Waals surface area contributed by atoms with Gasteiger partial charge in [0.2, 0.25) is 0 Å². The number of non-ortho nitro benzene ring substituents is 1. The maximum Gasteiger partial charge on any atom is 0.271 e. The second-order valence-electron chi connectivity index (χ2n) is 4.20. The van der Waals surface area contributed by atoms with E-state index in [2.05, 4.69) is 10.6 Å². The number of methoxy groups -OCH3 is 1. The van der Waals surface area contributed by atoms with Crippen LogP contribution in [0.5, 0.6) is 5.75 Å². The van der Waals surface area contributed by atoms with Crippen molar-refractivity contribution in [2.24, 2.45) is 0 Å². The first-order chi connectivity index (χ1) is 10.5. The average molecular weight is 338 g/mol. The maximum absolute atomic E-state index is 10.8. The van der Waals surface area contributed by atoms with E-state index in [4.69, 9.17) is 28.6 Å². The standard InChI is InChI=1S/C14H12ClN3O3S/c1-21-13-7-6-9(18(19)20)8-12(13)17-14(22)16-11-5-3-2-4-10(11)15/h2-8H,1H3,(H2,16,17,22). The van der Waals surface area contributed by atoms with Crippen molar-refractivity contribution < 1.29 is 9.66 Å². The van der Waals surface area contributed by atoms with Crippen molar-refractivity contribution in [3.63, 3.8) is 0 Å². The Morgan fingerprint density at radius 2 is 1.91 bits per heavy atom. The summed E-state index contributed by atoms with van der Waals surface area (Å²) in [5, 5.41) is 17.4. The molecule has 0 fully saturated rings. The molecule has 22 heavy (non-hydrogen) atoms. The lowest BCUT2D eigenvalue weighted by Crippen LogP contribution is -2.19. The van der Waals surface area contributed by atoms with Crippen molar-refractivity contribution >= 4 is 46.0 Å². The Labute approximate surface area is 137 Å². The molecule has 2 aromatic carbocycles. The van der Waals surface area contributed by atoms with Crippen LogP contribution >= 0.6 is 23.8 Å². The summed E-state index contributed by atoms with van der Waals surface area (Å²) >= 11 is 11.2. The molecule has 0 unspecified atom stereocenters. The van der Waals surface area contributed by atoms with Gasteiger partial charge in [0, 0.05) is 12.1 Å². The number of benzene rings is 2. The minimum atomic E-state index is -0.491. The van der Waals surface area contributed by atoms with Crippen LogP contribution in [-0.4, -0.2) is 17.1 Å². The Kier molecular flexibility index (Phi) is 5.13. The molecular weight excluding hydrogens is 326 g/mol. The number of halogens is 1. The van der Waals surface area contributed by atoms with Gasteiger partial charge in [-0.1, -0.05) is 23.7 Å². The number of nitro groups is 1. The summed E-state index contributed by atoms with van der Waals surface area (Å²) in [6, 6.07) is 11.3. The fourth-order valence-electron chi connectivity index (χ4n) is 1.75. The van der Waals surface area contributed by atoms with Crippen LogP contribution < -0.4 is 15.4 Å². The number of rotatable bonds is 4. The smallest absolute Gasteiger partial charge is 0.271 e. The van der Waals surface area contributed by atoms with E-state index < -0.39 is 4.92 Å². The molecule has 0 amide bonds. The summed E-state index contributed by atoms with van der Waals surface area (Å²) in [5.41, 5.74) is 0.955. The van der Waals surface area contributed by atoms with E-state index in [0.29, 0.717) is 22.1 Å². The number of nitrogens with one attached hydrogen (secondary N) is 2. The molecule has 0 heterocycles. The third-order valence-electron chi connectivity index (χ3n) is 2.76. The molecule has 0 aromatic heterocycles. The number of anilines is 2. The van der Waals surface area contributed by atoms with Gasteiger partial charge < -0.3 is 15.4 Å². The molecule has 6 nitrogen and oxygen atoms in total. The van der Waals surface area contributed by atoms with Gasteiger partial charge in [-0.25, -0.2) is 0 Å². The number of thiocarbonyl (C=S) groups is 1. The van der Waals surface area contributed by atoms with Crippen molar-refractivity contribution in [2.45, 2.75) is 0 Å². The van der Waals surface area contributed by atoms with Crippen LogP contribution in [0, 0.1) is 10.1 Å². The van der Waals surface area contributed by atoms with Crippen LogP contribution in [0.3, 0.4) is 0 Å². The first-order valence-electron chi connectivity index (χ1n) is 6.16. The molecule has 0 saturated carbocycles. The van der Waals surface area contributed by atoms with Gasteiger partial charge in [-0.2, -0.15) is 0 Å². The van der Waals surface area contributed by atoms with E-state index in [1.807, 2.05) is 6.07 Å². The summed E-state index contributed by atoms with van der Waals surface area (Å²) in [4.78, 5) is 10.4. The minimum absolute atomic E-state index is 0.0659. The fraction of sp³-hybridized carbons (Fsp3) is 0.0714. The molecule has 0 aliphatic rings. The topological polar surface area (TPSA) is 76.4 Å². The van der Waals surface area contributed by atoms with Gasteiger partial charge in [-0.15, -0.1) is 0 Å². The van der Waals surface area contributed by atoms with Crippen molar-refractivity contribution in [1.29, 1.82) is 0 Å². The number of hydrogen-bond acceptors (Lipinski definition) is 4. The average Bonchev–Trinajstić information content (AvgIpc) is 2.49. The van der Waals surface area contributed by atoms with Gasteiger partial charge in [-0.05, 0) is 30.4 Å². The molecule has 0 aliphatic carbocycles. The van der Waals surface area contributed by atoms with Crippen molar-refractivity contribution in [3.05, 3.63) is 57.6 Å². The highest BCUT2D eigenvalue weighted by atomic mass is 35.5. The monoisotopic (exact) mass is 337 g/mol. The molecule has 0 aliphatic heterocycles. The van der Waals surface area contributed by atoms with Gasteiger partial charge >= 0.3 is 0 Å². The third-order valence-corrected chi connectivity index (χ3v) is 3.30. The van der Waals surface area contributed by atoms with E-state index >= 15 is 0 Å². The Morgan fingerprint density at radius 1 is 1.23 bits per heavy atom. The first kappa shape index (κ1) is 16.0. The SMILES string of the molecule is COc1ccc([N+](=O)[O-])cc1NC(=S)Nc1ccccc1Cl. The normalized spacial score (nSPS) is 9.91. The van der Waals surface area contributed by atoms with Crippen LogP contribution in [-0.2, 0) is 0 Å². The van der Waals surface area contributed by atoms with E-state index in [1.165, 1.54) is 25.3 Å². The zero-order valence-corrected chi connectivity index (χ0v) is 13.1. The molecule has 2 rings (SSSR count). The highest BCUT2D eigenvalue weighted by Crippen LogP contribution is 2.29. The number of para-hydroxylation sites is 1. The van der Waals surface area contributed by atoms with Gasteiger partial charge in [0.05, 0.1) is 28.4 Å². The van der Waals surface area contributed by atoms with Crippen LogP contribution in [0.15, 0.2) is 42.5 Å². The molecule has 0 bridgehead atoms. The molecule has 0 radical (unpaired) electrons. The Bertz CT molecular complexity index is 724. The summed E-state index contributed by atoms with van der Waals surface area (Å²) in [7, 11) is 1.47. The highest BCUT2D eigenvalue weighted by Gasteiger charge is 2.12. The van der Waals surface area contributed by atoms with E-state index in [9.17, 15) is 10.1 Å². The molecule has 114 valence electrons. The first-order valence-corrected chi connectivity index (χ1v) is 6.95. The quantitative estimate of drug-likeness (QED) is 0.497. The van der Waals surface area contributed by atoms with Crippen LogP contribution in [0.4, 0.5) is 17.1 Å². The van der Waals surface area contributed by atoms with Crippen LogP contribution in [0.2, 0.25) is 5.02 Å². The predicted octanol–water partition coefficient (Wildman–Crippen LogP) is 4.07. The molecular formula is C14H12ClN3O3S. The number of ether oxygens (including phenoxy) is 1. The lowest BCUT2D eigenvalue weighted by atomic mass is 10.2. The zero-order chi connectivity index (χ0) is 16.1. The molecule has 0 atom stereocenters. The van der Waals surface area contributed by atoms with E-state index in [-0.39, 0.29) is 10.8 Å². The molecule has 0 spiro atoms. The number of nitro benzene ring substituents is 1. The van der Waals surface area contributed by atoms with Crippen molar-refractivity contribution in [1.82, 2.24) is 0 Å². The Hall–Kier alpha value is -2.38. The van der Waals surface area contributed by atoms with Crippen molar-refractivity contribution in [2.75, 3.05) is 17.7 Å². The number of nitrogens with zero attached hydrogens (tertiary/aromatic N) is 1. The zero-order valence-electron chi connectivity index (χ0n) is 11.5.